The molecule has 0 aliphatic heterocycles. The second-order valence-electron chi connectivity index (χ2n) is 4.47. The van der Waals surface area contributed by atoms with Crippen LogP contribution in [-0.4, -0.2) is 33.4 Å². The molecule has 2 aromatic rings. The highest BCUT2D eigenvalue weighted by Gasteiger charge is 2.32. The first-order valence-corrected chi connectivity index (χ1v) is 7.04. The first-order chi connectivity index (χ1) is 11.8. The van der Waals surface area contributed by atoms with Crippen LogP contribution in [0.1, 0.15) is 11.9 Å². The molecular weight excluding hydrogens is 368 g/mol. The zero-order valence-electron chi connectivity index (χ0n) is 12.5. The Labute approximate surface area is 144 Å². The van der Waals surface area contributed by atoms with Gasteiger partial charge in [0, 0.05) is 5.56 Å². The summed E-state index contributed by atoms with van der Waals surface area (Å²) in [5.74, 6) is -0.625. The van der Waals surface area contributed by atoms with Crippen molar-refractivity contribution in [3.05, 3.63) is 54.1 Å². The number of oxime groups is 1. The van der Waals surface area contributed by atoms with Gasteiger partial charge in [-0.2, -0.15) is 5.10 Å². The molecule has 0 aliphatic carbocycles. The van der Waals surface area contributed by atoms with Gasteiger partial charge in [-0.3, -0.25) is 0 Å². The third kappa shape index (κ3) is 5.18. The van der Waals surface area contributed by atoms with E-state index in [1.807, 2.05) is 0 Å². The Hall–Kier alpha value is -2.62. The summed E-state index contributed by atoms with van der Waals surface area (Å²) in [6, 6.07) is 3.18. The topological polar surface area (TPSA) is 61.5 Å². The number of alkyl halides is 4. The SMILES string of the molecule is C=CCON=C(c1ccc(OC(F)(F)F)c(Cl)c1)C(F)n1cncn1. The molecule has 1 atom stereocenters. The molecule has 0 aliphatic rings. The van der Waals surface area contributed by atoms with Crippen LogP contribution < -0.4 is 4.74 Å². The average Bonchev–Trinajstić information content (AvgIpc) is 3.06. The highest BCUT2D eigenvalue weighted by Crippen LogP contribution is 2.32. The Morgan fingerprint density at radius 1 is 1.44 bits per heavy atom. The van der Waals surface area contributed by atoms with Gasteiger partial charge < -0.3 is 9.57 Å². The summed E-state index contributed by atoms with van der Waals surface area (Å²) in [6.07, 6.45) is -3.20. The van der Waals surface area contributed by atoms with Crippen molar-refractivity contribution in [2.45, 2.75) is 12.7 Å². The molecule has 2 rings (SSSR count). The van der Waals surface area contributed by atoms with E-state index in [1.54, 1.807) is 0 Å². The molecule has 0 saturated heterocycles. The van der Waals surface area contributed by atoms with Gasteiger partial charge in [0.1, 0.15) is 30.7 Å². The number of ether oxygens (including phenoxy) is 1. The maximum absolute atomic E-state index is 14.6. The Kier molecular flexibility index (Phi) is 5.97. The molecule has 0 fully saturated rings. The fourth-order valence-corrected chi connectivity index (χ4v) is 1.94. The first kappa shape index (κ1) is 18.7. The van der Waals surface area contributed by atoms with E-state index in [1.165, 1.54) is 6.08 Å². The van der Waals surface area contributed by atoms with Crippen molar-refractivity contribution in [3.8, 4) is 5.75 Å². The van der Waals surface area contributed by atoms with Crippen LogP contribution in [-0.2, 0) is 4.84 Å². The van der Waals surface area contributed by atoms with Crippen molar-refractivity contribution in [2.24, 2.45) is 5.16 Å². The summed E-state index contributed by atoms with van der Waals surface area (Å²) in [5.41, 5.74) is -0.195. The zero-order valence-corrected chi connectivity index (χ0v) is 13.2. The highest BCUT2D eigenvalue weighted by atomic mass is 35.5. The number of halogens is 5. The van der Waals surface area contributed by atoms with Crippen molar-refractivity contribution in [1.29, 1.82) is 0 Å². The van der Waals surface area contributed by atoms with Gasteiger partial charge in [-0.15, -0.1) is 13.2 Å². The van der Waals surface area contributed by atoms with E-state index >= 15 is 0 Å². The second kappa shape index (κ2) is 7.97. The number of aromatic nitrogens is 3. The second-order valence-corrected chi connectivity index (χ2v) is 4.87. The molecule has 1 unspecified atom stereocenters. The van der Waals surface area contributed by atoms with Crippen molar-refractivity contribution in [2.75, 3.05) is 6.61 Å². The van der Waals surface area contributed by atoms with E-state index in [-0.39, 0.29) is 22.9 Å². The molecule has 11 heteroatoms. The quantitative estimate of drug-likeness (QED) is 0.241. The minimum atomic E-state index is -4.90. The maximum Gasteiger partial charge on any atom is 0.573 e. The fourth-order valence-electron chi connectivity index (χ4n) is 1.72. The lowest BCUT2D eigenvalue weighted by Crippen LogP contribution is -2.19. The van der Waals surface area contributed by atoms with Gasteiger partial charge >= 0.3 is 6.36 Å². The monoisotopic (exact) mass is 378 g/mol. The Balaban J connectivity index is 2.35. The van der Waals surface area contributed by atoms with Crippen LogP contribution in [0, 0.1) is 0 Å². The molecule has 25 heavy (non-hydrogen) atoms. The molecule has 0 radical (unpaired) electrons. The largest absolute Gasteiger partial charge is 0.573 e. The van der Waals surface area contributed by atoms with Crippen molar-refractivity contribution < 1.29 is 27.1 Å². The predicted molar refractivity (Wildman–Crippen MR) is 81.0 cm³/mol. The van der Waals surface area contributed by atoms with Crippen molar-refractivity contribution >= 4 is 17.3 Å². The summed E-state index contributed by atoms with van der Waals surface area (Å²) in [7, 11) is 0. The minimum Gasteiger partial charge on any atom is -0.404 e. The third-order valence-electron chi connectivity index (χ3n) is 2.70. The Morgan fingerprint density at radius 3 is 2.76 bits per heavy atom. The molecule has 0 amide bonds. The number of rotatable bonds is 7. The normalized spacial score (nSPS) is 13.4. The molecule has 1 heterocycles. The Bertz CT molecular complexity index is 750. The molecule has 134 valence electrons. The standard InChI is InChI=1S/C14H11ClF4N4O2/c1-2-5-24-22-12(13(16)23-8-20-7-21-23)9-3-4-11(10(15)6-9)25-14(17,18)19/h2-4,6-8,13H,1,5H2. The first-order valence-electron chi connectivity index (χ1n) is 6.66. The van der Waals surface area contributed by atoms with Crippen molar-refractivity contribution in [3.63, 3.8) is 0 Å². The lowest BCUT2D eigenvalue weighted by Gasteiger charge is -2.14. The van der Waals surface area contributed by atoms with Gasteiger partial charge in [0.15, 0.2) is 0 Å². The lowest BCUT2D eigenvalue weighted by molar-refractivity contribution is -0.274. The minimum absolute atomic E-state index is 0.00340. The number of benzene rings is 1. The van der Waals surface area contributed by atoms with Crippen LogP contribution in [0.2, 0.25) is 5.02 Å². The Morgan fingerprint density at radius 2 is 2.20 bits per heavy atom. The van der Waals surface area contributed by atoms with E-state index in [9.17, 15) is 17.6 Å². The van der Waals surface area contributed by atoms with Gasteiger partial charge in [0.25, 0.3) is 0 Å². The summed E-state index contributed by atoms with van der Waals surface area (Å²) in [4.78, 5) is 8.50. The predicted octanol–water partition coefficient (Wildman–Crippen LogP) is 3.91. The molecule has 0 spiro atoms. The molecule has 6 nitrogen and oxygen atoms in total. The smallest absolute Gasteiger partial charge is 0.404 e. The van der Waals surface area contributed by atoms with Crippen LogP contribution in [0.15, 0.2) is 48.7 Å². The van der Waals surface area contributed by atoms with Gasteiger partial charge in [-0.1, -0.05) is 29.4 Å². The summed E-state index contributed by atoms with van der Waals surface area (Å²) < 4.78 is 56.1. The van der Waals surface area contributed by atoms with Crippen LogP contribution in [0.4, 0.5) is 17.6 Å². The van der Waals surface area contributed by atoms with E-state index < -0.39 is 18.4 Å². The van der Waals surface area contributed by atoms with Crippen LogP contribution in [0.3, 0.4) is 0 Å². The highest BCUT2D eigenvalue weighted by molar-refractivity contribution is 6.32. The average molecular weight is 379 g/mol. The fraction of sp³-hybridized carbons (Fsp3) is 0.214. The van der Waals surface area contributed by atoms with Gasteiger partial charge in [-0.25, -0.2) is 14.1 Å². The molecule has 0 bridgehead atoms. The van der Waals surface area contributed by atoms with Gasteiger partial charge in [0.05, 0.1) is 5.02 Å². The summed E-state index contributed by atoms with van der Waals surface area (Å²) in [6.45, 7) is 3.42. The van der Waals surface area contributed by atoms with Crippen LogP contribution >= 0.6 is 11.6 Å². The molecule has 0 saturated carbocycles. The zero-order chi connectivity index (χ0) is 18.4. The van der Waals surface area contributed by atoms with E-state index in [2.05, 4.69) is 26.6 Å². The van der Waals surface area contributed by atoms with Crippen LogP contribution in [0.5, 0.6) is 5.75 Å². The maximum atomic E-state index is 14.6. The lowest BCUT2D eigenvalue weighted by atomic mass is 10.1. The number of hydrogen-bond donors (Lipinski definition) is 0. The van der Waals surface area contributed by atoms with Crippen LogP contribution in [0.25, 0.3) is 0 Å². The van der Waals surface area contributed by atoms with Crippen molar-refractivity contribution in [1.82, 2.24) is 14.8 Å². The van der Waals surface area contributed by atoms with E-state index in [4.69, 9.17) is 16.4 Å². The van der Waals surface area contributed by atoms with E-state index in [0.29, 0.717) is 0 Å². The third-order valence-corrected chi connectivity index (χ3v) is 3.00. The number of nitrogens with zero attached hydrogens (tertiary/aromatic N) is 4. The molecule has 1 aromatic carbocycles. The molecular formula is C14H11ClF4N4O2. The summed E-state index contributed by atoms with van der Waals surface area (Å²) in [5, 5.41) is 6.91. The van der Waals surface area contributed by atoms with E-state index in [0.717, 1.165) is 35.5 Å². The van der Waals surface area contributed by atoms with Gasteiger partial charge in [0.2, 0.25) is 6.30 Å². The van der Waals surface area contributed by atoms with Gasteiger partial charge in [-0.05, 0) is 18.2 Å². The number of hydrogen-bond acceptors (Lipinski definition) is 5. The molecule has 1 aromatic heterocycles. The molecule has 0 N–H and O–H groups in total. The summed E-state index contributed by atoms with van der Waals surface area (Å²) >= 11 is 5.78.